The van der Waals surface area contributed by atoms with Crippen molar-refractivity contribution in [1.82, 2.24) is 9.36 Å². The van der Waals surface area contributed by atoms with Gasteiger partial charge in [-0.3, -0.25) is 4.79 Å². The predicted octanol–water partition coefficient (Wildman–Crippen LogP) is 3.45. The zero-order valence-electron chi connectivity index (χ0n) is 11.3. The van der Waals surface area contributed by atoms with Crippen molar-refractivity contribution in [3.8, 4) is 0 Å². The Labute approximate surface area is 126 Å². The molecule has 0 aliphatic rings. The molecule has 1 N–H and O–H groups in total. The molecule has 0 saturated carbocycles. The Hall–Kier alpha value is -1.40. The van der Waals surface area contributed by atoms with E-state index in [1.54, 1.807) is 0 Å². The molecule has 2 aromatic rings. The van der Waals surface area contributed by atoms with Gasteiger partial charge in [-0.1, -0.05) is 55.9 Å². The van der Waals surface area contributed by atoms with Crippen LogP contribution in [0.3, 0.4) is 0 Å². The van der Waals surface area contributed by atoms with E-state index in [0.717, 1.165) is 15.7 Å². The first-order valence-corrected chi connectivity index (χ1v) is 7.98. The number of rotatable bonds is 6. The van der Waals surface area contributed by atoms with E-state index in [4.69, 9.17) is 0 Å². The SMILES string of the molecule is CC(C)c1nsc(SC(Cc2ccccc2)C(=O)O)n1. The summed E-state index contributed by atoms with van der Waals surface area (Å²) >= 11 is 2.55. The van der Waals surface area contributed by atoms with Crippen molar-refractivity contribution in [2.45, 2.75) is 35.8 Å². The van der Waals surface area contributed by atoms with Crippen LogP contribution in [-0.4, -0.2) is 25.7 Å². The number of carbonyl (C=O) groups is 1. The van der Waals surface area contributed by atoms with Crippen molar-refractivity contribution >= 4 is 29.3 Å². The lowest BCUT2D eigenvalue weighted by molar-refractivity contribution is -0.136. The van der Waals surface area contributed by atoms with E-state index in [1.807, 2.05) is 44.2 Å². The molecule has 0 bridgehead atoms. The number of nitrogens with zero attached hydrogens (tertiary/aromatic N) is 2. The lowest BCUT2D eigenvalue weighted by Gasteiger charge is -2.09. The number of hydrogen-bond donors (Lipinski definition) is 1. The molecule has 20 heavy (non-hydrogen) atoms. The van der Waals surface area contributed by atoms with E-state index in [0.29, 0.717) is 6.42 Å². The maximum atomic E-state index is 11.4. The maximum Gasteiger partial charge on any atom is 0.317 e. The van der Waals surface area contributed by atoms with Crippen molar-refractivity contribution in [2.24, 2.45) is 0 Å². The molecule has 2 rings (SSSR count). The topological polar surface area (TPSA) is 63.1 Å². The van der Waals surface area contributed by atoms with Gasteiger partial charge in [-0.2, -0.15) is 4.37 Å². The number of aromatic nitrogens is 2. The highest BCUT2D eigenvalue weighted by Gasteiger charge is 2.22. The van der Waals surface area contributed by atoms with Gasteiger partial charge in [0.25, 0.3) is 0 Å². The van der Waals surface area contributed by atoms with Crippen molar-refractivity contribution in [3.63, 3.8) is 0 Å². The standard InChI is InChI=1S/C14H16N2O2S2/c1-9(2)12-15-14(20-16-12)19-11(13(17)18)8-10-6-4-3-5-7-10/h3-7,9,11H,8H2,1-2H3,(H,17,18). The molecule has 6 heteroatoms. The van der Waals surface area contributed by atoms with Crippen LogP contribution < -0.4 is 0 Å². The number of benzene rings is 1. The maximum absolute atomic E-state index is 11.4. The number of hydrogen-bond acceptors (Lipinski definition) is 5. The number of aliphatic carboxylic acids is 1. The summed E-state index contributed by atoms with van der Waals surface area (Å²) in [6.07, 6.45) is 0.484. The van der Waals surface area contributed by atoms with Crippen LogP contribution >= 0.6 is 23.3 Å². The van der Waals surface area contributed by atoms with E-state index in [1.165, 1.54) is 23.3 Å². The quantitative estimate of drug-likeness (QED) is 0.828. The zero-order valence-corrected chi connectivity index (χ0v) is 12.9. The van der Waals surface area contributed by atoms with Gasteiger partial charge in [0.2, 0.25) is 0 Å². The molecule has 4 nitrogen and oxygen atoms in total. The summed E-state index contributed by atoms with van der Waals surface area (Å²) in [5.74, 6) is 0.222. The minimum atomic E-state index is -0.819. The third kappa shape index (κ3) is 4.05. The molecule has 0 spiro atoms. The molecule has 106 valence electrons. The molecular formula is C14H16N2O2S2. The largest absolute Gasteiger partial charge is 0.480 e. The summed E-state index contributed by atoms with van der Waals surface area (Å²) in [6, 6.07) is 9.64. The molecule has 0 radical (unpaired) electrons. The van der Waals surface area contributed by atoms with Crippen LogP contribution in [0.15, 0.2) is 34.7 Å². The molecule has 1 unspecified atom stereocenters. The highest BCUT2D eigenvalue weighted by atomic mass is 32.2. The Kier molecular flexibility index (Phi) is 5.14. The fourth-order valence-corrected chi connectivity index (χ4v) is 3.59. The molecule has 1 aromatic carbocycles. The minimum Gasteiger partial charge on any atom is -0.480 e. The molecule has 0 amide bonds. The smallest absolute Gasteiger partial charge is 0.317 e. The highest BCUT2D eigenvalue weighted by molar-refractivity contribution is 8.02. The van der Waals surface area contributed by atoms with E-state index in [-0.39, 0.29) is 5.92 Å². The van der Waals surface area contributed by atoms with Crippen LogP contribution in [0.2, 0.25) is 0 Å². The first-order valence-electron chi connectivity index (χ1n) is 6.33. The van der Waals surface area contributed by atoms with E-state index < -0.39 is 11.2 Å². The van der Waals surface area contributed by atoms with Gasteiger partial charge in [0.15, 0.2) is 4.34 Å². The molecule has 0 fully saturated rings. The van der Waals surface area contributed by atoms with Crippen LogP contribution in [0.4, 0.5) is 0 Å². The molecule has 0 saturated heterocycles. The van der Waals surface area contributed by atoms with Crippen molar-refractivity contribution < 1.29 is 9.90 Å². The van der Waals surface area contributed by atoms with Crippen molar-refractivity contribution in [3.05, 3.63) is 41.7 Å². The monoisotopic (exact) mass is 308 g/mol. The first kappa shape index (κ1) is 15.0. The zero-order chi connectivity index (χ0) is 14.5. The number of thioether (sulfide) groups is 1. The molecule has 1 aromatic heterocycles. The van der Waals surface area contributed by atoms with Gasteiger partial charge < -0.3 is 5.11 Å². The summed E-state index contributed by atoms with van der Waals surface area (Å²) < 4.78 is 4.97. The lowest BCUT2D eigenvalue weighted by atomic mass is 10.1. The van der Waals surface area contributed by atoms with Gasteiger partial charge in [0.1, 0.15) is 11.1 Å². The normalized spacial score (nSPS) is 12.6. The minimum absolute atomic E-state index is 0.262. The van der Waals surface area contributed by atoms with Crippen LogP contribution in [-0.2, 0) is 11.2 Å². The second-order valence-corrected chi connectivity index (χ2v) is 6.91. The molecular weight excluding hydrogens is 292 g/mol. The van der Waals surface area contributed by atoms with Crippen LogP contribution in [0.1, 0.15) is 31.2 Å². The molecule has 0 aliphatic carbocycles. The Bertz CT molecular complexity index is 570. The third-order valence-electron chi connectivity index (χ3n) is 2.72. The Morgan fingerprint density at radius 1 is 1.35 bits per heavy atom. The first-order chi connectivity index (χ1) is 9.56. The van der Waals surface area contributed by atoms with E-state index in [9.17, 15) is 9.90 Å². The van der Waals surface area contributed by atoms with Crippen LogP contribution in [0, 0.1) is 0 Å². The van der Waals surface area contributed by atoms with Gasteiger partial charge in [0, 0.05) is 5.92 Å². The van der Waals surface area contributed by atoms with Gasteiger partial charge in [-0.15, -0.1) is 0 Å². The van der Waals surface area contributed by atoms with Crippen LogP contribution in [0.25, 0.3) is 0 Å². The van der Waals surface area contributed by atoms with Crippen molar-refractivity contribution in [1.29, 1.82) is 0 Å². The summed E-state index contributed by atoms with van der Waals surface area (Å²) in [7, 11) is 0. The summed E-state index contributed by atoms with van der Waals surface area (Å²) in [4.78, 5) is 15.8. The second kappa shape index (κ2) is 6.85. The predicted molar refractivity (Wildman–Crippen MR) is 81.4 cm³/mol. The average molecular weight is 308 g/mol. The molecule has 0 aliphatic heterocycles. The average Bonchev–Trinajstić information content (AvgIpc) is 2.88. The van der Waals surface area contributed by atoms with Crippen molar-refractivity contribution in [2.75, 3.05) is 0 Å². The third-order valence-corrected chi connectivity index (χ3v) is 4.71. The molecule has 1 atom stereocenters. The van der Waals surface area contributed by atoms with Gasteiger partial charge in [-0.05, 0) is 23.5 Å². The van der Waals surface area contributed by atoms with Gasteiger partial charge >= 0.3 is 5.97 Å². The fraction of sp³-hybridized carbons (Fsp3) is 0.357. The Balaban J connectivity index is 2.07. The molecule has 1 heterocycles. The van der Waals surface area contributed by atoms with E-state index >= 15 is 0 Å². The summed E-state index contributed by atoms with van der Waals surface area (Å²) in [5.41, 5.74) is 1.01. The number of carboxylic acid groups (broad SMARTS) is 1. The second-order valence-electron chi connectivity index (χ2n) is 4.71. The summed E-state index contributed by atoms with van der Waals surface area (Å²) in [6.45, 7) is 4.05. The Morgan fingerprint density at radius 3 is 2.60 bits per heavy atom. The fourth-order valence-electron chi connectivity index (χ4n) is 1.63. The Morgan fingerprint density at radius 2 is 2.05 bits per heavy atom. The van der Waals surface area contributed by atoms with Gasteiger partial charge in [-0.25, -0.2) is 4.98 Å². The lowest BCUT2D eigenvalue weighted by Crippen LogP contribution is -2.19. The van der Waals surface area contributed by atoms with Crippen LogP contribution in [0.5, 0.6) is 0 Å². The van der Waals surface area contributed by atoms with Gasteiger partial charge in [0.05, 0.1) is 0 Å². The number of carboxylic acids is 1. The summed E-state index contributed by atoms with van der Waals surface area (Å²) in [5, 5.41) is 8.81. The van der Waals surface area contributed by atoms with E-state index in [2.05, 4.69) is 9.36 Å². The highest BCUT2D eigenvalue weighted by Crippen LogP contribution is 2.29.